The number of aromatic nitrogens is 1. The van der Waals surface area contributed by atoms with Crippen LogP contribution in [-0.2, 0) is 11.8 Å². The second-order valence-corrected chi connectivity index (χ2v) is 7.35. The number of ether oxygens (including phenoxy) is 1. The predicted octanol–water partition coefficient (Wildman–Crippen LogP) is 5.57. The van der Waals surface area contributed by atoms with Crippen LogP contribution in [0.4, 0.5) is 0 Å². The fourth-order valence-electron chi connectivity index (χ4n) is 2.78. The molecule has 0 radical (unpaired) electrons. The Hall–Kier alpha value is -2.55. The Kier molecular flexibility index (Phi) is 4.93. The average Bonchev–Trinajstić information content (AvgIpc) is 3.05. The molecule has 0 bridgehead atoms. The van der Waals surface area contributed by atoms with E-state index < -0.39 is 0 Å². The van der Waals surface area contributed by atoms with E-state index in [2.05, 4.69) is 50.9 Å². The van der Waals surface area contributed by atoms with Crippen LogP contribution in [-0.4, -0.2) is 11.6 Å². The molecule has 0 aliphatic heterocycles. The molecule has 130 valence electrons. The summed E-state index contributed by atoms with van der Waals surface area (Å²) in [4.78, 5) is 4.65. The van der Waals surface area contributed by atoms with Crippen LogP contribution >= 0.6 is 0 Å². The summed E-state index contributed by atoms with van der Waals surface area (Å²) in [5.74, 6) is 1.56. The van der Waals surface area contributed by atoms with Crippen molar-refractivity contribution in [1.82, 2.24) is 4.98 Å². The van der Waals surface area contributed by atoms with Gasteiger partial charge in [0.25, 0.3) is 0 Å². The summed E-state index contributed by atoms with van der Waals surface area (Å²) < 4.78 is 11.5. The number of nitrogens with zero attached hydrogens (tertiary/aromatic N) is 1. The van der Waals surface area contributed by atoms with E-state index in [4.69, 9.17) is 9.15 Å². The van der Waals surface area contributed by atoms with Gasteiger partial charge in [0.05, 0.1) is 12.3 Å². The van der Waals surface area contributed by atoms with Crippen molar-refractivity contribution in [1.29, 1.82) is 0 Å². The Bertz CT molecular complexity index is 826. The first-order valence-corrected chi connectivity index (χ1v) is 8.67. The van der Waals surface area contributed by atoms with Gasteiger partial charge in [0.15, 0.2) is 0 Å². The van der Waals surface area contributed by atoms with Crippen LogP contribution in [0.2, 0.25) is 0 Å². The smallest absolute Gasteiger partial charge is 0.226 e. The van der Waals surface area contributed by atoms with Crippen molar-refractivity contribution in [3.05, 3.63) is 71.6 Å². The highest BCUT2D eigenvalue weighted by Gasteiger charge is 2.20. The molecule has 3 rings (SSSR count). The van der Waals surface area contributed by atoms with E-state index in [9.17, 15) is 0 Å². The van der Waals surface area contributed by atoms with Gasteiger partial charge in [0, 0.05) is 12.0 Å². The van der Waals surface area contributed by atoms with Gasteiger partial charge in [-0.1, -0.05) is 56.7 Å². The molecule has 0 amide bonds. The van der Waals surface area contributed by atoms with Crippen molar-refractivity contribution in [3.63, 3.8) is 0 Å². The number of oxazole rings is 1. The molecule has 1 aromatic heterocycles. The van der Waals surface area contributed by atoms with Crippen molar-refractivity contribution >= 4 is 0 Å². The lowest BCUT2D eigenvalue weighted by Crippen LogP contribution is -2.12. The maximum absolute atomic E-state index is 5.78. The Morgan fingerprint density at radius 3 is 2.44 bits per heavy atom. The molecule has 0 saturated heterocycles. The first-order valence-electron chi connectivity index (χ1n) is 8.67. The number of hydrogen-bond donors (Lipinski definition) is 0. The Morgan fingerprint density at radius 1 is 1.00 bits per heavy atom. The van der Waals surface area contributed by atoms with Crippen molar-refractivity contribution in [2.75, 3.05) is 6.61 Å². The third-order valence-corrected chi connectivity index (χ3v) is 4.17. The Labute approximate surface area is 149 Å². The molecule has 0 unspecified atom stereocenters. The summed E-state index contributed by atoms with van der Waals surface area (Å²) in [5, 5.41) is 0. The molecule has 25 heavy (non-hydrogen) atoms. The number of benzene rings is 2. The van der Waals surface area contributed by atoms with E-state index in [1.54, 1.807) is 6.26 Å². The maximum atomic E-state index is 5.78. The van der Waals surface area contributed by atoms with E-state index in [1.807, 2.05) is 30.3 Å². The van der Waals surface area contributed by atoms with Crippen LogP contribution in [0.3, 0.4) is 0 Å². The van der Waals surface area contributed by atoms with Gasteiger partial charge in [0.1, 0.15) is 12.0 Å². The first-order chi connectivity index (χ1) is 11.9. The van der Waals surface area contributed by atoms with Gasteiger partial charge >= 0.3 is 0 Å². The molecule has 0 atom stereocenters. The summed E-state index contributed by atoms with van der Waals surface area (Å²) in [6, 6.07) is 16.4. The van der Waals surface area contributed by atoms with Crippen molar-refractivity contribution < 1.29 is 9.15 Å². The minimum atomic E-state index is 0.0414. The van der Waals surface area contributed by atoms with E-state index >= 15 is 0 Å². The highest BCUT2D eigenvalue weighted by Crippen LogP contribution is 2.32. The number of aryl methyl sites for hydroxylation is 1. The molecule has 0 aliphatic rings. The zero-order valence-electron chi connectivity index (χ0n) is 15.4. The van der Waals surface area contributed by atoms with E-state index in [1.165, 1.54) is 11.1 Å². The molecule has 0 fully saturated rings. The van der Waals surface area contributed by atoms with E-state index in [0.29, 0.717) is 12.5 Å². The minimum absolute atomic E-state index is 0.0414. The normalized spacial score (nSPS) is 11.5. The van der Waals surface area contributed by atoms with Gasteiger partial charge in [-0.3, -0.25) is 0 Å². The lowest BCUT2D eigenvalue weighted by molar-refractivity contribution is 0.320. The fourth-order valence-corrected chi connectivity index (χ4v) is 2.78. The van der Waals surface area contributed by atoms with Gasteiger partial charge in [-0.2, -0.15) is 0 Å². The molecule has 2 aromatic carbocycles. The summed E-state index contributed by atoms with van der Waals surface area (Å²) in [5.41, 5.74) is 4.47. The quantitative estimate of drug-likeness (QED) is 0.611. The summed E-state index contributed by atoms with van der Waals surface area (Å²) in [6.45, 7) is 9.24. The first kappa shape index (κ1) is 17.3. The van der Waals surface area contributed by atoms with Crippen LogP contribution in [0.5, 0.6) is 5.75 Å². The summed E-state index contributed by atoms with van der Waals surface area (Å²) >= 11 is 0. The third-order valence-electron chi connectivity index (χ3n) is 4.17. The van der Waals surface area contributed by atoms with E-state index in [0.717, 1.165) is 23.4 Å². The van der Waals surface area contributed by atoms with Crippen LogP contribution in [0.15, 0.2) is 59.2 Å². The highest BCUT2D eigenvalue weighted by molar-refractivity contribution is 5.60. The van der Waals surface area contributed by atoms with Crippen molar-refractivity contribution in [3.8, 4) is 17.2 Å². The Morgan fingerprint density at radius 2 is 1.72 bits per heavy atom. The molecule has 1 heterocycles. The van der Waals surface area contributed by atoms with Crippen LogP contribution in [0.1, 0.15) is 37.6 Å². The SMILES string of the molecule is Cc1ccc(OCCc2coc(-c3ccccc3C(C)(C)C)n2)cc1. The Balaban J connectivity index is 1.68. The maximum Gasteiger partial charge on any atom is 0.226 e. The second kappa shape index (κ2) is 7.14. The fraction of sp³-hybridized carbons (Fsp3) is 0.318. The largest absolute Gasteiger partial charge is 0.493 e. The summed E-state index contributed by atoms with van der Waals surface area (Å²) in [7, 11) is 0. The number of hydrogen-bond acceptors (Lipinski definition) is 3. The molecule has 0 N–H and O–H groups in total. The zero-order chi connectivity index (χ0) is 17.9. The highest BCUT2D eigenvalue weighted by atomic mass is 16.5. The standard InChI is InChI=1S/C22H25NO2/c1-16-9-11-18(12-10-16)24-14-13-17-15-25-21(23-17)19-7-5-6-8-20(19)22(2,3)4/h5-12,15H,13-14H2,1-4H3. The zero-order valence-corrected chi connectivity index (χ0v) is 15.4. The van der Waals surface area contributed by atoms with Gasteiger partial charge in [0.2, 0.25) is 5.89 Å². The predicted molar refractivity (Wildman–Crippen MR) is 101 cm³/mol. The van der Waals surface area contributed by atoms with E-state index in [-0.39, 0.29) is 5.41 Å². The molecule has 3 aromatic rings. The second-order valence-electron chi connectivity index (χ2n) is 7.35. The van der Waals surface area contributed by atoms with Crippen LogP contribution < -0.4 is 4.74 Å². The molecule has 3 nitrogen and oxygen atoms in total. The number of rotatable bonds is 5. The third kappa shape index (κ3) is 4.30. The van der Waals surface area contributed by atoms with Crippen LogP contribution in [0.25, 0.3) is 11.5 Å². The summed E-state index contributed by atoms with van der Waals surface area (Å²) in [6.07, 6.45) is 2.45. The average molecular weight is 335 g/mol. The minimum Gasteiger partial charge on any atom is -0.493 e. The lowest BCUT2D eigenvalue weighted by atomic mass is 9.84. The lowest BCUT2D eigenvalue weighted by Gasteiger charge is -2.21. The topological polar surface area (TPSA) is 35.3 Å². The van der Waals surface area contributed by atoms with Gasteiger partial charge in [-0.05, 0) is 36.1 Å². The van der Waals surface area contributed by atoms with Gasteiger partial charge < -0.3 is 9.15 Å². The molecule has 0 spiro atoms. The van der Waals surface area contributed by atoms with Crippen molar-refractivity contribution in [2.24, 2.45) is 0 Å². The molecule has 0 aliphatic carbocycles. The van der Waals surface area contributed by atoms with Gasteiger partial charge in [-0.25, -0.2) is 4.98 Å². The molecule has 0 saturated carbocycles. The van der Waals surface area contributed by atoms with Crippen LogP contribution in [0, 0.1) is 6.92 Å². The molecular formula is C22H25NO2. The monoisotopic (exact) mass is 335 g/mol. The van der Waals surface area contributed by atoms with Crippen molar-refractivity contribution in [2.45, 2.75) is 39.5 Å². The van der Waals surface area contributed by atoms with Gasteiger partial charge in [-0.15, -0.1) is 0 Å². The molecule has 3 heteroatoms. The molecular weight excluding hydrogens is 310 g/mol.